The Morgan fingerprint density at radius 2 is 2.00 bits per heavy atom. The molecular formula is C9H14N2S. The Kier molecular flexibility index (Phi) is 2.40. The minimum atomic E-state index is 0.670. The molecule has 12 heavy (non-hydrogen) atoms. The first-order valence-electron chi connectivity index (χ1n) is 4.66. The Labute approximate surface area is 77.2 Å². The van der Waals surface area contributed by atoms with Crippen LogP contribution in [-0.4, -0.2) is 9.36 Å². The first-order valence-corrected chi connectivity index (χ1v) is 5.44. The molecule has 2 nitrogen and oxygen atoms in total. The van der Waals surface area contributed by atoms with E-state index in [4.69, 9.17) is 0 Å². The second-order valence-electron chi connectivity index (χ2n) is 3.51. The standard InChI is InChI=1S/C9H14N2S/c1-7-10-9(11-12-7)8-5-3-2-4-6-8/h8H,2-6H2,1H3. The van der Waals surface area contributed by atoms with Crippen molar-refractivity contribution in [3.05, 3.63) is 10.8 Å². The molecule has 1 aromatic rings. The number of hydrogen-bond acceptors (Lipinski definition) is 3. The summed E-state index contributed by atoms with van der Waals surface area (Å²) in [6.07, 6.45) is 6.73. The van der Waals surface area contributed by atoms with E-state index in [1.807, 2.05) is 6.92 Å². The van der Waals surface area contributed by atoms with Gasteiger partial charge >= 0.3 is 0 Å². The van der Waals surface area contributed by atoms with Crippen LogP contribution in [0.15, 0.2) is 0 Å². The van der Waals surface area contributed by atoms with Gasteiger partial charge in [0.25, 0.3) is 0 Å². The predicted octanol–water partition coefficient (Wildman–Crippen LogP) is 2.89. The number of hydrogen-bond donors (Lipinski definition) is 0. The summed E-state index contributed by atoms with van der Waals surface area (Å²) in [7, 11) is 0. The van der Waals surface area contributed by atoms with Crippen molar-refractivity contribution < 1.29 is 0 Å². The van der Waals surface area contributed by atoms with E-state index in [0.29, 0.717) is 5.92 Å². The highest BCUT2D eigenvalue weighted by Crippen LogP contribution is 2.31. The van der Waals surface area contributed by atoms with Crippen LogP contribution in [0, 0.1) is 6.92 Å². The molecule has 0 N–H and O–H groups in total. The molecule has 66 valence electrons. The van der Waals surface area contributed by atoms with Crippen molar-refractivity contribution in [3.8, 4) is 0 Å². The molecule has 0 bridgehead atoms. The van der Waals surface area contributed by atoms with Gasteiger partial charge in [-0.2, -0.15) is 4.37 Å². The second kappa shape index (κ2) is 3.52. The van der Waals surface area contributed by atoms with Crippen LogP contribution in [0.5, 0.6) is 0 Å². The number of aromatic nitrogens is 2. The zero-order chi connectivity index (χ0) is 8.39. The van der Waals surface area contributed by atoms with Gasteiger partial charge in [0.15, 0.2) is 0 Å². The zero-order valence-electron chi connectivity index (χ0n) is 7.42. The maximum Gasteiger partial charge on any atom is 0.145 e. The maximum atomic E-state index is 4.44. The van der Waals surface area contributed by atoms with Crippen LogP contribution < -0.4 is 0 Å². The number of rotatable bonds is 1. The van der Waals surface area contributed by atoms with Gasteiger partial charge in [-0.15, -0.1) is 0 Å². The van der Waals surface area contributed by atoms with Crippen LogP contribution in [0.2, 0.25) is 0 Å². The van der Waals surface area contributed by atoms with Gasteiger partial charge in [-0.25, -0.2) is 4.98 Å². The monoisotopic (exact) mass is 182 g/mol. The van der Waals surface area contributed by atoms with Crippen LogP contribution in [0.4, 0.5) is 0 Å². The Hall–Kier alpha value is -0.440. The summed E-state index contributed by atoms with van der Waals surface area (Å²) < 4.78 is 4.37. The lowest BCUT2D eigenvalue weighted by molar-refractivity contribution is 0.431. The molecule has 0 saturated heterocycles. The Balaban J connectivity index is 2.08. The summed E-state index contributed by atoms with van der Waals surface area (Å²) in [5.41, 5.74) is 0. The molecule has 0 atom stereocenters. The highest BCUT2D eigenvalue weighted by atomic mass is 32.1. The van der Waals surface area contributed by atoms with E-state index in [2.05, 4.69) is 9.36 Å². The summed E-state index contributed by atoms with van der Waals surface area (Å²) in [6.45, 7) is 2.03. The molecule has 2 rings (SSSR count). The predicted molar refractivity (Wildman–Crippen MR) is 50.5 cm³/mol. The van der Waals surface area contributed by atoms with Crippen molar-refractivity contribution >= 4 is 11.5 Å². The first kappa shape index (κ1) is 8.17. The molecule has 1 aliphatic rings. The van der Waals surface area contributed by atoms with Crippen LogP contribution in [0.25, 0.3) is 0 Å². The van der Waals surface area contributed by atoms with Crippen molar-refractivity contribution in [2.75, 3.05) is 0 Å². The highest BCUT2D eigenvalue weighted by molar-refractivity contribution is 7.05. The van der Waals surface area contributed by atoms with Crippen molar-refractivity contribution in [2.45, 2.75) is 44.9 Å². The van der Waals surface area contributed by atoms with E-state index in [1.54, 1.807) is 0 Å². The van der Waals surface area contributed by atoms with Crippen LogP contribution >= 0.6 is 11.5 Å². The summed E-state index contributed by atoms with van der Waals surface area (Å²) in [5.74, 6) is 1.78. The lowest BCUT2D eigenvalue weighted by atomic mass is 9.89. The first-order chi connectivity index (χ1) is 5.86. The Morgan fingerprint density at radius 1 is 1.25 bits per heavy atom. The molecule has 1 saturated carbocycles. The largest absolute Gasteiger partial charge is 0.225 e. The summed E-state index contributed by atoms with van der Waals surface area (Å²) in [6, 6.07) is 0. The normalized spacial score (nSPS) is 19.8. The van der Waals surface area contributed by atoms with Gasteiger partial charge in [0.05, 0.1) is 0 Å². The molecule has 1 aromatic heterocycles. The Morgan fingerprint density at radius 3 is 2.58 bits per heavy atom. The van der Waals surface area contributed by atoms with E-state index in [-0.39, 0.29) is 0 Å². The van der Waals surface area contributed by atoms with Crippen LogP contribution in [-0.2, 0) is 0 Å². The molecule has 0 radical (unpaired) electrons. The molecule has 0 unspecified atom stereocenters. The van der Waals surface area contributed by atoms with Crippen molar-refractivity contribution in [1.82, 2.24) is 9.36 Å². The average molecular weight is 182 g/mol. The van der Waals surface area contributed by atoms with Crippen molar-refractivity contribution in [3.63, 3.8) is 0 Å². The molecule has 0 aliphatic heterocycles. The minimum Gasteiger partial charge on any atom is -0.225 e. The second-order valence-corrected chi connectivity index (χ2v) is 4.46. The van der Waals surface area contributed by atoms with E-state index in [1.165, 1.54) is 43.6 Å². The van der Waals surface area contributed by atoms with E-state index < -0.39 is 0 Å². The maximum absolute atomic E-state index is 4.44. The van der Waals surface area contributed by atoms with Crippen LogP contribution in [0.3, 0.4) is 0 Å². The number of aryl methyl sites for hydroxylation is 1. The lowest BCUT2D eigenvalue weighted by Crippen LogP contribution is -2.05. The molecule has 1 aliphatic carbocycles. The molecular weight excluding hydrogens is 168 g/mol. The molecule has 3 heteroatoms. The van der Waals surface area contributed by atoms with Gasteiger partial charge in [-0.05, 0) is 31.3 Å². The highest BCUT2D eigenvalue weighted by Gasteiger charge is 2.18. The summed E-state index contributed by atoms with van der Waals surface area (Å²) >= 11 is 1.54. The van der Waals surface area contributed by atoms with Gasteiger partial charge in [0, 0.05) is 5.92 Å². The fraction of sp³-hybridized carbons (Fsp3) is 0.778. The third-order valence-electron chi connectivity index (χ3n) is 2.51. The molecule has 1 heterocycles. The molecule has 1 fully saturated rings. The lowest BCUT2D eigenvalue weighted by Gasteiger charge is -2.18. The summed E-state index contributed by atoms with van der Waals surface area (Å²) in [5, 5.41) is 1.11. The van der Waals surface area contributed by atoms with Crippen LogP contribution in [0.1, 0.15) is 48.9 Å². The average Bonchev–Trinajstić information content (AvgIpc) is 2.54. The van der Waals surface area contributed by atoms with Gasteiger partial charge in [-0.1, -0.05) is 19.3 Å². The van der Waals surface area contributed by atoms with Gasteiger partial charge < -0.3 is 0 Å². The smallest absolute Gasteiger partial charge is 0.145 e. The topological polar surface area (TPSA) is 25.8 Å². The van der Waals surface area contributed by atoms with Crippen molar-refractivity contribution in [2.24, 2.45) is 0 Å². The van der Waals surface area contributed by atoms with Gasteiger partial charge in [-0.3, -0.25) is 0 Å². The van der Waals surface area contributed by atoms with E-state index in [0.717, 1.165) is 10.8 Å². The zero-order valence-corrected chi connectivity index (χ0v) is 8.23. The fourth-order valence-electron chi connectivity index (χ4n) is 1.84. The van der Waals surface area contributed by atoms with Crippen molar-refractivity contribution in [1.29, 1.82) is 0 Å². The molecule has 0 amide bonds. The fourth-order valence-corrected chi connectivity index (χ4v) is 2.39. The van der Waals surface area contributed by atoms with Gasteiger partial charge in [0.1, 0.15) is 10.8 Å². The third-order valence-corrected chi connectivity index (χ3v) is 3.15. The van der Waals surface area contributed by atoms with E-state index >= 15 is 0 Å². The quantitative estimate of drug-likeness (QED) is 0.667. The van der Waals surface area contributed by atoms with E-state index in [9.17, 15) is 0 Å². The molecule has 0 aromatic carbocycles. The summed E-state index contributed by atoms with van der Waals surface area (Å²) in [4.78, 5) is 4.44. The molecule has 0 spiro atoms. The van der Waals surface area contributed by atoms with Gasteiger partial charge in [0.2, 0.25) is 0 Å². The Bertz CT molecular complexity index is 251. The SMILES string of the molecule is Cc1nc(C2CCCCC2)ns1. The third kappa shape index (κ3) is 1.66. The number of nitrogens with zero attached hydrogens (tertiary/aromatic N) is 2. The minimum absolute atomic E-state index is 0.670.